The Bertz CT molecular complexity index is 1260. The van der Waals surface area contributed by atoms with Gasteiger partial charge in [0.1, 0.15) is 17.7 Å². The number of benzene rings is 3. The Morgan fingerprint density at radius 2 is 1.46 bits per heavy atom. The van der Waals surface area contributed by atoms with E-state index in [1.165, 1.54) is 0 Å². The van der Waals surface area contributed by atoms with Gasteiger partial charge in [0, 0.05) is 26.2 Å². The number of hydrogen-bond acceptors (Lipinski definition) is 4. The number of methoxy groups -OCH3 is 1. The molecule has 1 N–H and O–H groups in total. The van der Waals surface area contributed by atoms with Gasteiger partial charge in [0.05, 0.1) is 12.8 Å². The van der Waals surface area contributed by atoms with Crippen LogP contribution in [-0.2, 0) is 10.2 Å². The molecule has 1 amide bonds. The van der Waals surface area contributed by atoms with Gasteiger partial charge in [-0.25, -0.2) is 0 Å². The summed E-state index contributed by atoms with van der Waals surface area (Å²) in [5.41, 5.74) is 3.38. The van der Waals surface area contributed by atoms with Crippen molar-refractivity contribution in [3.63, 3.8) is 0 Å². The zero-order valence-electron chi connectivity index (χ0n) is 22.1. The lowest BCUT2D eigenvalue weighted by Gasteiger charge is -2.37. The average molecular weight is 538 g/mol. The molecular weight excluding hydrogens is 503 g/mol. The van der Waals surface area contributed by atoms with Gasteiger partial charge < -0.3 is 15.0 Å². The molecule has 39 heavy (non-hydrogen) atoms. The van der Waals surface area contributed by atoms with Crippen LogP contribution in [0.4, 0.5) is 18.9 Å². The first-order valence-corrected chi connectivity index (χ1v) is 13.5. The van der Waals surface area contributed by atoms with Crippen LogP contribution >= 0.6 is 0 Å². The molecule has 1 aliphatic carbocycles. The zero-order chi connectivity index (χ0) is 27.5. The average Bonchev–Trinajstić information content (AvgIpc) is 3.25. The molecule has 206 valence electrons. The van der Waals surface area contributed by atoms with E-state index in [0.717, 1.165) is 79.3 Å². The van der Waals surface area contributed by atoms with Crippen molar-refractivity contribution < 1.29 is 22.7 Å². The summed E-state index contributed by atoms with van der Waals surface area (Å²) in [5, 5.41) is 2.22. The second-order valence-corrected chi connectivity index (χ2v) is 10.3. The summed E-state index contributed by atoms with van der Waals surface area (Å²) in [6.07, 6.45) is -2.45. The number of piperazine rings is 1. The van der Waals surface area contributed by atoms with E-state index in [1.807, 2.05) is 66.7 Å². The number of alkyl halides is 3. The summed E-state index contributed by atoms with van der Waals surface area (Å²) in [6.45, 7) is 3.16. The van der Waals surface area contributed by atoms with Crippen LogP contribution in [0, 0.1) is 0 Å². The fourth-order valence-electron chi connectivity index (χ4n) is 6.11. The molecule has 3 aromatic rings. The van der Waals surface area contributed by atoms with Gasteiger partial charge in [0.25, 0.3) is 0 Å². The van der Waals surface area contributed by atoms with E-state index in [2.05, 4.69) is 21.2 Å². The van der Waals surface area contributed by atoms with E-state index in [-0.39, 0.29) is 0 Å². The van der Waals surface area contributed by atoms with Crippen LogP contribution in [-0.4, -0.2) is 63.4 Å². The maximum Gasteiger partial charge on any atom is 0.405 e. The third kappa shape index (κ3) is 5.48. The highest BCUT2D eigenvalue weighted by Gasteiger charge is 2.49. The van der Waals surface area contributed by atoms with Crippen LogP contribution in [0.15, 0.2) is 72.8 Å². The molecule has 0 spiro atoms. The molecule has 1 fully saturated rings. The molecule has 5 rings (SSSR count). The molecule has 2 aliphatic rings. The van der Waals surface area contributed by atoms with Gasteiger partial charge in [-0.15, -0.1) is 0 Å². The number of nitrogens with one attached hydrogen (secondary N) is 1. The summed E-state index contributed by atoms with van der Waals surface area (Å²) >= 11 is 0. The number of halogens is 3. The van der Waals surface area contributed by atoms with Crippen LogP contribution in [0.2, 0.25) is 0 Å². The van der Waals surface area contributed by atoms with Crippen LogP contribution in [0.5, 0.6) is 5.75 Å². The molecule has 1 heterocycles. The fraction of sp³-hybridized carbons (Fsp3) is 0.387. The molecule has 1 saturated heterocycles. The number of unbranched alkanes of at least 4 members (excludes halogenated alkanes) is 1. The van der Waals surface area contributed by atoms with Gasteiger partial charge in [-0.1, -0.05) is 67.1 Å². The summed E-state index contributed by atoms with van der Waals surface area (Å²) in [5.74, 6) is 0.292. The molecule has 3 aromatic carbocycles. The molecule has 0 bridgehead atoms. The Balaban J connectivity index is 1.27. The smallest absolute Gasteiger partial charge is 0.405 e. The number of amides is 1. The number of para-hydroxylation sites is 2. The van der Waals surface area contributed by atoms with Gasteiger partial charge in [-0.05, 0) is 53.8 Å². The largest absolute Gasteiger partial charge is 0.495 e. The lowest BCUT2D eigenvalue weighted by Crippen LogP contribution is -2.47. The van der Waals surface area contributed by atoms with E-state index in [4.69, 9.17) is 4.74 Å². The first-order valence-electron chi connectivity index (χ1n) is 13.5. The lowest BCUT2D eigenvalue weighted by molar-refractivity contribution is -0.141. The summed E-state index contributed by atoms with van der Waals surface area (Å²) in [7, 11) is 1.69. The minimum Gasteiger partial charge on any atom is -0.495 e. The fourth-order valence-corrected chi connectivity index (χ4v) is 6.11. The number of anilines is 1. The maximum absolute atomic E-state index is 13.6. The van der Waals surface area contributed by atoms with Crippen molar-refractivity contribution >= 4 is 11.6 Å². The number of ether oxygens (including phenoxy) is 1. The molecule has 0 atom stereocenters. The number of hydrogen-bond donors (Lipinski definition) is 1. The van der Waals surface area contributed by atoms with E-state index < -0.39 is 24.0 Å². The molecule has 1 aliphatic heterocycles. The Morgan fingerprint density at radius 1 is 0.872 bits per heavy atom. The van der Waals surface area contributed by atoms with E-state index in [9.17, 15) is 18.0 Å². The highest BCUT2D eigenvalue weighted by Crippen LogP contribution is 2.51. The van der Waals surface area contributed by atoms with Gasteiger partial charge in [-0.3, -0.25) is 9.69 Å². The van der Waals surface area contributed by atoms with Gasteiger partial charge in [-0.2, -0.15) is 13.2 Å². The SMILES string of the molecule is COc1ccccc1N1CCN(CCCCC2(C(=O)NCC(F)(F)F)c3ccccc3-c3ccccc32)CC1. The Labute approximate surface area is 227 Å². The minimum absolute atomic E-state index is 0.450. The Kier molecular flexibility index (Phi) is 7.84. The number of carbonyl (C=O) groups is 1. The van der Waals surface area contributed by atoms with Crippen LogP contribution in [0.1, 0.15) is 30.4 Å². The lowest BCUT2D eigenvalue weighted by atomic mass is 9.73. The van der Waals surface area contributed by atoms with Crippen molar-refractivity contribution in [3.8, 4) is 16.9 Å². The molecule has 0 aromatic heterocycles. The predicted octanol–water partition coefficient (Wildman–Crippen LogP) is 5.63. The van der Waals surface area contributed by atoms with E-state index >= 15 is 0 Å². The Morgan fingerprint density at radius 3 is 2.08 bits per heavy atom. The molecular formula is C31H34F3N3O2. The first kappa shape index (κ1) is 27.1. The molecule has 8 heteroatoms. The topological polar surface area (TPSA) is 44.8 Å². The molecule has 0 radical (unpaired) electrons. The third-order valence-corrected chi connectivity index (χ3v) is 7.98. The normalized spacial score (nSPS) is 16.5. The minimum atomic E-state index is -4.47. The summed E-state index contributed by atoms with van der Waals surface area (Å²) in [6, 6.07) is 23.3. The monoisotopic (exact) mass is 537 g/mol. The zero-order valence-corrected chi connectivity index (χ0v) is 22.1. The van der Waals surface area contributed by atoms with Gasteiger partial charge >= 0.3 is 6.18 Å². The van der Waals surface area contributed by atoms with E-state index in [0.29, 0.717) is 6.42 Å². The van der Waals surface area contributed by atoms with Gasteiger partial charge in [0.2, 0.25) is 5.91 Å². The van der Waals surface area contributed by atoms with Crippen LogP contribution in [0.3, 0.4) is 0 Å². The number of nitrogens with zero attached hydrogens (tertiary/aromatic N) is 2. The van der Waals surface area contributed by atoms with E-state index in [1.54, 1.807) is 7.11 Å². The van der Waals surface area contributed by atoms with Gasteiger partial charge in [0.15, 0.2) is 0 Å². The standard InChI is InChI=1S/C31H34F3N3O2/c1-39-28-15-7-6-14-27(28)37-20-18-36(19-21-37)17-9-8-16-30(29(38)35-22-31(32,33)34)25-12-4-2-10-23(25)24-11-3-5-13-26(24)30/h2-7,10-15H,8-9,16-22H2,1H3,(H,35,38). The maximum atomic E-state index is 13.6. The number of fused-ring (bicyclic) bond motifs is 3. The third-order valence-electron chi connectivity index (χ3n) is 7.98. The van der Waals surface area contributed by atoms with Crippen molar-refractivity contribution in [3.05, 3.63) is 83.9 Å². The summed E-state index contributed by atoms with van der Waals surface area (Å²) in [4.78, 5) is 18.4. The second-order valence-electron chi connectivity index (χ2n) is 10.3. The molecule has 5 nitrogen and oxygen atoms in total. The first-order chi connectivity index (χ1) is 18.8. The highest BCUT2D eigenvalue weighted by molar-refractivity contribution is 6.00. The molecule has 0 saturated carbocycles. The van der Waals surface area contributed by atoms with Crippen molar-refractivity contribution in [2.24, 2.45) is 0 Å². The quantitative estimate of drug-likeness (QED) is 0.359. The predicted molar refractivity (Wildman–Crippen MR) is 147 cm³/mol. The van der Waals surface area contributed by atoms with Crippen molar-refractivity contribution in [1.29, 1.82) is 0 Å². The number of carbonyl (C=O) groups excluding carboxylic acids is 1. The summed E-state index contributed by atoms with van der Waals surface area (Å²) < 4.78 is 44.8. The molecule has 0 unspecified atom stereocenters. The van der Waals surface area contributed by atoms with Crippen LogP contribution < -0.4 is 15.0 Å². The Hall–Kier alpha value is -3.52. The van der Waals surface area contributed by atoms with Crippen molar-refractivity contribution in [2.75, 3.05) is 51.3 Å². The van der Waals surface area contributed by atoms with Crippen LogP contribution in [0.25, 0.3) is 11.1 Å². The highest BCUT2D eigenvalue weighted by atomic mass is 19.4. The number of rotatable bonds is 9. The second kappa shape index (κ2) is 11.3. The van der Waals surface area contributed by atoms with Crippen molar-refractivity contribution in [1.82, 2.24) is 10.2 Å². The van der Waals surface area contributed by atoms with Crippen molar-refractivity contribution in [2.45, 2.75) is 30.9 Å².